The van der Waals surface area contributed by atoms with Gasteiger partial charge in [-0.05, 0) is 31.4 Å². The minimum atomic E-state index is -0.0924. The molecule has 0 aliphatic rings. The minimum absolute atomic E-state index is 0.0275. The molecule has 2 rings (SSSR count). The van der Waals surface area contributed by atoms with E-state index in [0.29, 0.717) is 17.0 Å². The lowest BCUT2D eigenvalue weighted by atomic mass is 10.0. The van der Waals surface area contributed by atoms with Crippen LogP contribution in [0.2, 0.25) is 0 Å². The smallest absolute Gasteiger partial charge is 0.277 e. The molecule has 0 fully saturated rings. The highest BCUT2D eigenvalue weighted by Crippen LogP contribution is 2.24. The number of amides is 1. The molecule has 1 aromatic heterocycles. The molecule has 0 saturated heterocycles. The Balaban J connectivity index is 1.92. The van der Waals surface area contributed by atoms with Gasteiger partial charge < -0.3 is 15.5 Å². The molecule has 2 atom stereocenters. The van der Waals surface area contributed by atoms with Crippen molar-refractivity contribution in [2.75, 3.05) is 11.1 Å². The summed E-state index contributed by atoms with van der Waals surface area (Å²) >= 11 is 1.24. The van der Waals surface area contributed by atoms with Gasteiger partial charge in [0.15, 0.2) is 6.04 Å². The molecular weight excluding hydrogens is 324 g/mol. The molecule has 0 saturated carbocycles. The van der Waals surface area contributed by atoms with E-state index in [1.54, 1.807) is 0 Å². The third-order valence-electron chi connectivity index (χ3n) is 4.14. The fourth-order valence-electron chi connectivity index (χ4n) is 2.27. The van der Waals surface area contributed by atoms with E-state index >= 15 is 0 Å². The Morgan fingerprint density at radius 2 is 2.00 bits per heavy atom. The second-order valence-corrected chi connectivity index (χ2v) is 6.93. The van der Waals surface area contributed by atoms with Crippen LogP contribution >= 0.6 is 11.8 Å². The third kappa shape index (κ3) is 4.58. The SMILES string of the molecule is CC[C@@H](C)[C@H]([NH3+])c1nnc(SCC(=O)Nc2c(C)cccc2C)o1. The van der Waals surface area contributed by atoms with E-state index in [4.69, 9.17) is 4.42 Å². The van der Waals surface area contributed by atoms with Gasteiger partial charge in [0, 0.05) is 11.6 Å². The summed E-state index contributed by atoms with van der Waals surface area (Å²) < 4.78 is 5.61. The van der Waals surface area contributed by atoms with Crippen molar-refractivity contribution in [2.45, 2.75) is 45.4 Å². The van der Waals surface area contributed by atoms with Gasteiger partial charge in [-0.25, -0.2) is 0 Å². The molecule has 1 heterocycles. The van der Waals surface area contributed by atoms with Crippen molar-refractivity contribution in [2.24, 2.45) is 5.92 Å². The highest BCUT2D eigenvalue weighted by molar-refractivity contribution is 7.99. The number of rotatable bonds is 7. The van der Waals surface area contributed by atoms with Crippen LogP contribution in [0, 0.1) is 19.8 Å². The lowest BCUT2D eigenvalue weighted by Crippen LogP contribution is -2.56. The molecule has 1 amide bonds. The summed E-state index contributed by atoms with van der Waals surface area (Å²) in [6.45, 7) is 8.16. The monoisotopic (exact) mass is 349 g/mol. The summed E-state index contributed by atoms with van der Waals surface area (Å²) in [6.07, 6.45) is 0.997. The fraction of sp³-hybridized carbons (Fsp3) is 0.471. The lowest BCUT2D eigenvalue weighted by Gasteiger charge is -2.10. The van der Waals surface area contributed by atoms with E-state index in [1.165, 1.54) is 11.8 Å². The molecule has 0 spiro atoms. The van der Waals surface area contributed by atoms with E-state index in [1.807, 2.05) is 32.0 Å². The molecule has 1 aromatic carbocycles. The predicted octanol–water partition coefficient (Wildman–Crippen LogP) is 2.75. The first-order chi connectivity index (χ1) is 11.4. The Labute approximate surface area is 146 Å². The van der Waals surface area contributed by atoms with Crippen molar-refractivity contribution in [1.82, 2.24) is 10.2 Å². The molecule has 4 N–H and O–H groups in total. The van der Waals surface area contributed by atoms with E-state index in [0.717, 1.165) is 23.2 Å². The average molecular weight is 349 g/mol. The maximum absolute atomic E-state index is 12.2. The molecule has 6 nitrogen and oxygen atoms in total. The number of hydrogen-bond acceptors (Lipinski definition) is 5. The van der Waals surface area contributed by atoms with Gasteiger partial charge in [0.05, 0.1) is 5.75 Å². The van der Waals surface area contributed by atoms with Crippen molar-refractivity contribution in [3.05, 3.63) is 35.2 Å². The Morgan fingerprint density at radius 1 is 1.33 bits per heavy atom. The number of nitrogens with one attached hydrogen (secondary N) is 1. The predicted molar refractivity (Wildman–Crippen MR) is 94.7 cm³/mol. The first-order valence-corrected chi connectivity index (χ1v) is 9.06. The highest BCUT2D eigenvalue weighted by Gasteiger charge is 2.23. The van der Waals surface area contributed by atoms with Crippen molar-refractivity contribution in [1.29, 1.82) is 0 Å². The van der Waals surface area contributed by atoms with Gasteiger partial charge in [-0.3, -0.25) is 4.79 Å². The number of nitrogens with zero attached hydrogens (tertiary/aromatic N) is 2. The van der Waals surface area contributed by atoms with E-state index in [9.17, 15) is 4.79 Å². The van der Waals surface area contributed by atoms with Crippen LogP contribution in [0.3, 0.4) is 0 Å². The van der Waals surface area contributed by atoms with Gasteiger partial charge in [-0.2, -0.15) is 0 Å². The van der Waals surface area contributed by atoms with E-state index < -0.39 is 0 Å². The molecule has 130 valence electrons. The number of aromatic nitrogens is 2. The standard InChI is InChI=1S/C17H24N4O2S/c1-5-10(2)14(18)16-20-21-17(23-16)24-9-13(22)19-15-11(3)7-6-8-12(15)4/h6-8,10,14H,5,9,18H2,1-4H3,(H,19,22)/p+1/t10-,14+/m1/s1. The van der Waals surface area contributed by atoms with Crippen molar-refractivity contribution < 1.29 is 14.9 Å². The zero-order valence-electron chi connectivity index (χ0n) is 14.6. The van der Waals surface area contributed by atoms with Crippen molar-refractivity contribution in [3.63, 3.8) is 0 Å². The number of para-hydroxylation sites is 1. The molecule has 0 bridgehead atoms. The molecule has 24 heavy (non-hydrogen) atoms. The first-order valence-electron chi connectivity index (χ1n) is 8.07. The largest absolute Gasteiger partial charge is 0.410 e. The van der Waals surface area contributed by atoms with Crippen LogP contribution in [0.25, 0.3) is 0 Å². The second kappa shape index (κ2) is 8.30. The van der Waals surface area contributed by atoms with Gasteiger partial charge in [0.1, 0.15) is 0 Å². The highest BCUT2D eigenvalue weighted by atomic mass is 32.2. The summed E-state index contributed by atoms with van der Waals surface area (Å²) in [7, 11) is 0. The summed E-state index contributed by atoms with van der Waals surface area (Å²) in [6, 6.07) is 5.90. The number of aryl methyl sites for hydroxylation is 2. The van der Waals surface area contributed by atoms with Crippen molar-refractivity contribution in [3.8, 4) is 0 Å². The number of quaternary nitrogens is 1. The first kappa shape index (κ1) is 18.5. The number of carbonyl (C=O) groups is 1. The Hall–Kier alpha value is -1.86. The van der Waals surface area contributed by atoms with Crippen LogP contribution in [-0.2, 0) is 4.79 Å². The maximum atomic E-state index is 12.2. The maximum Gasteiger partial charge on any atom is 0.277 e. The van der Waals surface area contributed by atoms with Crippen LogP contribution in [0.1, 0.15) is 43.3 Å². The minimum Gasteiger partial charge on any atom is -0.410 e. The zero-order valence-corrected chi connectivity index (χ0v) is 15.4. The molecule has 0 aliphatic carbocycles. The van der Waals surface area contributed by atoms with Gasteiger partial charge in [0.2, 0.25) is 5.91 Å². The summed E-state index contributed by atoms with van der Waals surface area (Å²) in [5.41, 5.74) is 7.03. The average Bonchev–Trinajstić information content (AvgIpc) is 3.04. The second-order valence-electron chi connectivity index (χ2n) is 6.00. The topological polar surface area (TPSA) is 95.7 Å². The van der Waals surface area contributed by atoms with Crippen LogP contribution in [0.4, 0.5) is 5.69 Å². The van der Waals surface area contributed by atoms with Gasteiger partial charge in [0.25, 0.3) is 11.1 Å². The molecule has 0 aliphatic heterocycles. The molecular formula is C17H25N4O2S+. The lowest BCUT2D eigenvalue weighted by molar-refractivity contribution is -0.444. The zero-order chi connectivity index (χ0) is 17.7. The number of carbonyl (C=O) groups excluding carboxylic acids is 1. The molecule has 2 aromatic rings. The normalized spacial score (nSPS) is 13.5. The number of benzene rings is 1. The van der Waals surface area contributed by atoms with Crippen LogP contribution in [0.5, 0.6) is 0 Å². The molecule has 0 unspecified atom stereocenters. The van der Waals surface area contributed by atoms with Crippen LogP contribution < -0.4 is 11.1 Å². The van der Waals surface area contributed by atoms with Gasteiger partial charge >= 0.3 is 0 Å². The molecule has 0 radical (unpaired) electrons. The third-order valence-corrected chi connectivity index (χ3v) is 4.96. The molecule has 7 heteroatoms. The van der Waals surface area contributed by atoms with Crippen molar-refractivity contribution >= 4 is 23.4 Å². The number of anilines is 1. The van der Waals surface area contributed by atoms with Crippen LogP contribution in [0.15, 0.2) is 27.8 Å². The summed E-state index contributed by atoms with van der Waals surface area (Å²) in [5.74, 6) is 1.03. The van der Waals surface area contributed by atoms with E-state index in [2.05, 4.69) is 35.1 Å². The Kier molecular flexibility index (Phi) is 6.39. The summed E-state index contributed by atoms with van der Waals surface area (Å²) in [5, 5.41) is 11.4. The Bertz CT molecular complexity index is 681. The number of thioether (sulfide) groups is 1. The van der Waals surface area contributed by atoms with Gasteiger partial charge in [-0.15, -0.1) is 10.2 Å². The number of hydrogen-bond donors (Lipinski definition) is 2. The van der Waals surface area contributed by atoms with Crippen LogP contribution in [-0.4, -0.2) is 21.9 Å². The van der Waals surface area contributed by atoms with E-state index in [-0.39, 0.29) is 17.7 Å². The Morgan fingerprint density at radius 3 is 2.62 bits per heavy atom. The quantitative estimate of drug-likeness (QED) is 0.749. The fourth-order valence-corrected chi connectivity index (χ4v) is 2.84. The van der Waals surface area contributed by atoms with Gasteiger partial charge in [-0.1, -0.05) is 43.8 Å². The summed E-state index contributed by atoms with van der Waals surface area (Å²) in [4.78, 5) is 12.2.